The molecule has 4 aromatic rings. The van der Waals surface area contributed by atoms with Gasteiger partial charge in [-0.3, -0.25) is 9.59 Å². The molecule has 4 nitrogen and oxygen atoms in total. The molecule has 0 atom stereocenters. The van der Waals surface area contributed by atoms with Gasteiger partial charge in [0.05, 0.1) is 11.3 Å². The molecule has 1 heterocycles. The van der Waals surface area contributed by atoms with Gasteiger partial charge in [-0.1, -0.05) is 77.8 Å². The number of benzene rings is 4. The van der Waals surface area contributed by atoms with Crippen LogP contribution in [0.5, 0.6) is 0 Å². The number of hydrogen-bond acceptors (Lipinski definition) is 3. The van der Waals surface area contributed by atoms with Crippen LogP contribution in [0.4, 0.5) is 11.4 Å². The molecule has 168 valence electrons. The van der Waals surface area contributed by atoms with Gasteiger partial charge in [0.15, 0.2) is 0 Å². The normalized spacial score (nSPS) is 13.8. The van der Waals surface area contributed by atoms with Gasteiger partial charge in [-0.25, -0.2) is 4.90 Å². The molecule has 0 aliphatic carbocycles. The van der Waals surface area contributed by atoms with Crippen molar-refractivity contribution in [3.63, 3.8) is 0 Å². The second kappa shape index (κ2) is 8.47. The molecule has 4 aromatic carbocycles. The average molecular weight is 467 g/mol. The minimum Gasteiger partial charge on any atom is -0.350 e. The standard InChI is InChI=1S/C29H23ClN2O2/c1-17-11-14-22(19(3)15-17)26-27(31-25-10-6-8-20-7-4-5-9-23(20)25)29(34)32(28(26)33)21-13-12-18(2)24(30)16-21/h4-16,31H,1-3H3. The summed E-state index contributed by atoms with van der Waals surface area (Å²) in [5.41, 5.74) is 5.44. The van der Waals surface area contributed by atoms with Crippen LogP contribution in [0.15, 0.2) is 84.6 Å². The molecule has 0 spiro atoms. The van der Waals surface area contributed by atoms with Crippen molar-refractivity contribution in [2.75, 3.05) is 10.2 Å². The Morgan fingerprint density at radius 3 is 2.29 bits per heavy atom. The van der Waals surface area contributed by atoms with Crippen molar-refractivity contribution in [1.29, 1.82) is 0 Å². The number of carbonyl (C=O) groups excluding carboxylic acids is 2. The van der Waals surface area contributed by atoms with E-state index < -0.39 is 5.91 Å². The highest BCUT2D eigenvalue weighted by atomic mass is 35.5. The van der Waals surface area contributed by atoms with Crippen molar-refractivity contribution < 1.29 is 9.59 Å². The van der Waals surface area contributed by atoms with Crippen LogP contribution in [0, 0.1) is 20.8 Å². The van der Waals surface area contributed by atoms with Crippen LogP contribution in [0.2, 0.25) is 5.02 Å². The molecule has 1 aliphatic heterocycles. The highest BCUT2D eigenvalue weighted by molar-refractivity contribution is 6.46. The summed E-state index contributed by atoms with van der Waals surface area (Å²) in [6.07, 6.45) is 0. The molecular formula is C29H23ClN2O2. The molecule has 1 N–H and O–H groups in total. The number of imide groups is 1. The van der Waals surface area contributed by atoms with Crippen LogP contribution >= 0.6 is 11.6 Å². The Morgan fingerprint density at radius 2 is 1.53 bits per heavy atom. The molecule has 0 radical (unpaired) electrons. The first-order valence-corrected chi connectivity index (χ1v) is 11.4. The monoisotopic (exact) mass is 466 g/mol. The van der Waals surface area contributed by atoms with Crippen molar-refractivity contribution in [2.24, 2.45) is 0 Å². The Bertz CT molecular complexity index is 1510. The first kappa shape index (κ1) is 21.9. The van der Waals surface area contributed by atoms with Gasteiger partial charge in [0.2, 0.25) is 0 Å². The minimum absolute atomic E-state index is 0.255. The van der Waals surface area contributed by atoms with Gasteiger partial charge >= 0.3 is 0 Å². The smallest absolute Gasteiger partial charge is 0.282 e. The average Bonchev–Trinajstić information content (AvgIpc) is 3.05. The van der Waals surface area contributed by atoms with Gasteiger partial charge in [-0.15, -0.1) is 0 Å². The predicted octanol–water partition coefficient (Wildman–Crippen LogP) is 6.82. The molecule has 5 heteroatoms. The van der Waals surface area contributed by atoms with E-state index in [-0.39, 0.29) is 11.6 Å². The van der Waals surface area contributed by atoms with Gasteiger partial charge in [0.25, 0.3) is 11.8 Å². The van der Waals surface area contributed by atoms with Crippen molar-refractivity contribution in [3.8, 4) is 0 Å². The predicted molar refractivity (Wildman–Crippen MR) is 139 cm³/mol. The Balaban J connectivity index is 1.69. The van der Waals surface area contributed by atoms with Gasteiger partial charge in [-0.05, 0) is 61.0 Å². The Hall–Kier alpha value is -3.89. The second-order valence-corrected chi connectivity index (χ2v) is 9.01. The third-order valence-electron chi connectivity index (χ3n) is 6.20. The highest BCUT2D eigenvalue weighted by Crippen LogP contribution is 2.37. The number of aryl methyl sites for hydroxylation is 3. The molecule has 0 saturated heterocycles. The summed E-state index contributed by atoms with van der Waals surface area (Å²) in [6, 6.07) is 24.9. The van der Waals surface area contributed by atoms with Gasteiger partial charge in [0, 0.05) is 16.1 Å². The van der Waals surface area contributed by atoms with E-state index in [1.807, 2.05) is 87.5 Å². The van der Waals surface area contributed by atoms with Crippen LogP contribution in [0.3, 0.4) is 0 Å². The topological polar surface area (TPSA) is 49.4 Å². The third kappa shape index (κ3) is 3.66. The van der Waals surface area contributed by atoms with Crippen molar-refractivity contribution >= 4 is 51.1 Å². The summed E-state index contributed by atoms with van der Waals surface area (Å²) in [4.78, 5) is 28.7. The van der Waals surface area contributed by atoms with E-state index in [0.29, 0.717) is 16.3 Å². The van der Waals surface area contributed by atoms with Crippen LogP contribution < -0.4 is 10.2 Å². The molecule has 0 fully saturated rings. The molecule has 5 rings (SSSR count). The van der Waals surface area contributed by atoms with E-state index in [1.165, 1.54) is 4.90 Å². The molecule has 34 heavy (non-hydrogen) atoms. The zero-order valence-electron chi connectivity index (χ0n) is 19.1. The summed E-state index contributed by atoms with van der Waals surface area (Å²) >= 11 is 6.34. The number of hydrogen-bond donors (Lipinski definition) is 1. The number of halogens is 1. The fraction of sp³-hybridized carbons (Fsp3) is 0.103. The van der Waals surface area contributed by atoms with Crippen LogP contribution in [-0.2, 0) is 9.59 Å². The lowest BCUT2D eigenvalue weighted by molar-refractivity contribution is -0.120. The highest BCUT2D eigenvalue weighted by Gasteiger charge is 2.41. The Kier molecular flexibility index (Phi) is 5.46. The van der Waals surface area contributed by atoms with E-state index >= 15 is 0 Å². The summed E-state index contributed by atoms with van der Waals surface area (Å²) in [5.74, 6) is -0.785. The van der Waals surface area contributed by atoms with Gasteiger partial charge in [0.1, 0.15) is 5.70 Å². The molecule has 0 unspecified atom stereocenters. The fourth-order valence-electron chi connectivity index (χ4n) is 4.41. The van der Waals surface area contributed by atoms with E-state index in [1.54, 1.807) is 12.1 Å². The van der Waals surface area contributed by atoms with E-state index in [0.717, 1.165) is 38.7 Å². The van der Waals surface area contributed by atoms with Crippen LogP contribution in [0.1, 0.15) is 22.3 Å². The molecule has 0 bridgehead atoms. The molecule has 0 saturated carbocycles. The lowest BCUT2D eigenvalue weighted by Crippen LogP contribution is -2.32. The zero-order chi connectivity index (χ0) is 24.0. The zero-order valence-corrected chi connectivity index (χ0v) is 19.9. The Morgan fingerprint density at radius 1 is 0.765 bits per heavy atom. The van der Waals surface area contributed by atoms with E-state index in [2.05, 4.69) is 5.32 Å². The van der Waals surface area contributed by atoms with E-state index in [9.17, 15) is 9.59 Å². The number of amides is 2. The third-order valence-corrected chi connectivity index (χ3v) is 6.61. The fourth-order valence-corrected chi connectivity index (χ4v) is 4.59. The quantitative estimate of drug-likeness (QED) is 0.336. The molecular weight excluding hydrogens is 444 g/mol. The number of nitrogens with one attached hydrogen (secondary N) is 1. The van der Waals surface area contributed by atoms with Crippen LogP contribution in [-0.4, -0.2) is 11.8 Å². The van der Waals surface area contributed by atoms with Gasteiger partial charge < -0.3 is 5.32 Å². The summed E-state index contributed by atoms with van der Waals surface area (Å²) in [7, 11) is 0. The van der Waals surface area contributed by atoms with Crippen molar-refractivity contribution in [3.05, 3.63) is 112 Å². The number of nitrogens with zero attached hydrogens (tertiary/aromatic N) is 1. The summed E-state index contributed by atoms with van der Waals surface area (Å²) in [6.45, 7) is 5.84. The maximum Gasteiger partial charge on any atom is 0.282 e. The molecule has 1 aliphatic rings. The number of rotatable bonds is 4. The summed E-state index contributed by atoms with van der Waals surface area (Å²) < 4.78 is 0. The molecule has 2 amide bonds. The van der Waals surface area contributed by atoms with Gasteiger partial charge in [-0.2, -0.15) is 0 Å². The maximum atomic E-state index is 13.8. The first-order chi connectivity index (χ1) is 16.3. The largest absolute Gasteiger partial charge is 0.350 e. The van der Waals surface area contributed by atoms with Crippen molar-refractivity contribution in [1.82, 2.24) is 0 Å². The Labute approximate surface area is 203 Å². The lowest BCUT2D eigenvalue weighted by atomic mass is 9.97. The molecule has 0 aromatic heterocycles. The van der Waals surface area contributed by atoms with Crippen LogP contribution in [0.25, 0.3) is 16.3 Å². The van der Waals surface area contributed by atoms with E-state index in [4.69, 9.17) is 11.6 Å². The maximum absolute atomic E-state index is 13.8. The SMILES string of the molecule is Cc1ccc(C2=C(Nc3cccc4ccccc34)C(=O)N(c3ccc(C)c(Cl)c3)C2=O)c(C)c1. The number of fused-ring (bicyclic) bond motifs is 1. The number of anilines is 2. The first-order valence-electron chi connectivity index (χ1n) is 11.1. The van der Waals surface area contributed by atoms with Crippen molar-refractivity contribution in [2.45, 2.75) is 20.8 Å². The second-order valence-electron chi connectivity index (χ2n) is 8.60. The minimum atomic E-state index is -0.409. The lowest BCUT2D eigenvalue weighted by Gasteiger charge is -2.17. The summed E-state index contributed by atoms with van der Waals surface area (Å²) in [5, 5.41) is 5.83. The number of carbonyl (C=O) groups is 2.